The smallest absolute Gasteiger partial charge is 0.337 e. The molecular weight excluding hydrogens is 381 g/mol. The van der Waals surface area contributed by atoms with Gasteiger partial charge in [0.15, 0.2) is 0 Å². The fourth-order valence-electron chi connectivity index (χ4n) is 4.09. The number of pyridine rings is 1. The number of carbonyl (C=O) groups is 1. The Bertz CT molecular complexity index is 1050. The summed E-state index contributed by atoms with van der Waals surface area (Å²) in [4.78, 5) is 17.5. The molecule has 4 rings (SSSR count). The number of halogens is 1. The fraction of sp³-hybridized carbons (Fsp3) is 0.250. The standard InChI is InChI=1S/C24H24FN3O2/c1-28(19-7-5-18(25)6-8-19)20-9-10-21-16(13-20)3-2-4-17(21)14-27-23-15-26-12-11-22(23)24(29)30/h5-13,15,17,27H,2-4,14H2,1H3,(H,29,30)/t17-/m0/s1. The second-order valence-corrected chi connectivity index (χ2v) is 7.62. The minimum atomic E-state index is -0.961. The summed E-state index contributed by atoms with van der Waals surface area (Å²) in [5.74, 6) is -0.897. The van der Waals surface area contributed by atoms with Gasteiger partial charge >= 0.3 is 5.97 Å². The lowest BCUT2D eigenvalue weighted by Gasteiger charge is -2.28. The lowest BCUT2D eigenvalue weighted by molar-refractivity contribution is 0.0697. The lowest BCUT2D eigenvalue weighted by atomic mass is 9.82. The van der Waals surface area contributed by atoms with E-state index in [4.69, 9.17) is 0 Å². The first-order valence-electron chi connectivity index (χ1n) is 10.1. The van der Waals surface area contributed by atoms with E-state index < -0.39 is 5.97 Å². The number of anilines is 3. The first-order chi connectivity index (χ1) is 14.5. The van der Waals surface area contributed by atoms with Gasteiger partial charge in [-0.2, -0.15) is 0 Å². The van der Waals surface area contributed by atoms with Crippen LogP contribution in [0.15, 0.2) is 60.9 Å². The molecule has 1 aliphatic carbocycles. The number of nitrogens with zero attached hydrogens (tertiary/aromatic N) is 2. The number of rotatable bonds is 6. The highest BCUT2D eigenvalue weighted by Crippen LogP contribution is 2.35. The third-order valence-corrected chi connectivity index (χ3v) is 5.76. The zero-order chi connectivity index (χ0) is 21.1. The minimum absolute atomic E-state index is 0.234. The van der Waals surface area contributed by atoms with Gasteiger partial charge in [0.1, 0.15) is 5.82 Å². The van der Waals surface area contributed by atoms with Crippen molar-refractivity contribution in [2.75, 3.05) is 23.8 Å². The molecule has 0 fully saturated rings. The first kappa shape index (κ1) is 19.9. The van der Waals surface area contributed by atoms with Gasteiger partial charge in [0.25, 0.3) is 0 Å². The van der Waals surface area contributed by atoms with Gasteiger partial charge in [0.2, 0.25) is 0 Å². The van der Waals surface area contributed by atoms with Crippen LogP contribution in [-0.4, -0.2) is 29.7 Å². The Morgan fingerprint density at radius 2 is 1.97 bits per heavy atom. The normalized spacial score (nSPS) is 15.3. The Balaban J connectivity index is 1.52. The molecule has 5 nitrogen and oxygen atoms in total. The summed E-state index contributed by atoms with van der Waals surface area (Å²) in [7, 11) is 1.98. The highest BCUT2D eigenvalue weighted by atomic mass is 19.1. The van der Waals surface area contributed by atoms with Crippen molar-refractivity contribution in [3.8, 4) is 0 Å². The molecule has 0 radical (unpaired) electrons. The van der Waals surface area contributed by atoms with Gasteiger partial charge in [-0.25, -0.2) is 9.18 Å². The summed E-state index contributed by atoms with van der Waals surface area (Å²) in [6, 6.07) is 14.5. The molecule has 0 saturated carbocycles. The number of aromatic nitrogens is 1. The predicted octanol–water partition coefficient (Wildman–Crippen LogP) is 5.22. The summed E-state index contributed by atoms with van der Waals surface area (Å²) in [6.45, 7) is 0.659. The molecule has 2 N–H and O–H groups in total. The third kappa shape index (κ3) is 4.13. The van der Waals surface area contributed by atoms with Gasteiger partial charge in [-0.3, -0.25) is 4.98 Å². The van der Waals surface area contributed by atoms with E-state index in [2.05, 4.69) is 33.4 Å². The van der Waals surface area contributed by atoms with Crippen molar-refractivity contribution in [1.29, 1.82) is 0 Å². The maximum atomic E-state index is 13.2. The van der Waals surface area contributed by atoms with Gasteiger partial charge in [0.05, 0.1) is 17.4 Å². The van der Waals surface area contributed by atoms with Crippen LogP contribution in [0.3, 0.4) is 0 Å². The molecule has 1 aliphatic rings. The molecule has 0 spiro atoms. The Hall–Kier alpha value is -3.41. The molecule has 1 heterocycles. The van der Waals surface area contributed by atoms with Crippen LogP contribution in [0.25, 0.3) is 0 Å². The molecule has 2 aromatic carbocycles. The number of hydrogen-bond acceptors (Lipinski definition) is 4. The monoisotopic (exact) mass is 405 g/mol. The predicted molar refractivity (Wildman–Crippen MR) is 116 cm³/mol. The molecule has 0 saturated heterocycles. The van der Waals surface area contributed by atoms with Crippen LogP contribution in [0, 0.1) is 5.82 Å². The number of benzene rings is 2. The topological polar surface area (TPSA) is 65.5 Å². The van der Waals surface area contributed by atoms with E-state index in [0.29, 0.717) is 18.2 Å². The minimum Gasteiger partial charge on any atom is -0.478 e. The molecule has 0 unspecified atom stereocenters. The number of nitrogens with one attached hydrogen (secondary N) is 1. The highest BCUT2D eigenvalue weighted by Gasteiger charge is 2.22. The van der Waals surface area contributed by atoms with Crippen molar-refractivity contribution < 1.29 is 14.3 Å². The SMILES string of the molecule is CN(c1ccc(F)cc1)c1ccc2c(c1)CCC[C@H]2CNc1cnccc1C(=O)O. The van der Waals surface area contributed by atoms with Crippen LogP contribution in [-0.2, 0) is 6.42 Å². The number of carboxylic acid groups (broad SMARTS) is 1. The summed E-state index contributed by atoms with van der Waals surface area (Å²) >= 11 is 0. The summed E-state index contributed by atoms with van der Waals surface area (Å²) in [6.07, 6.45) is 6.21. The van der Waals surface area contributed by atoms with Crippen LogP contribution in [0.2, 0.25) is 0 Å². The van der Waals surface area contributed by atoms with Crippen LogP contribution in [0.1, 0.15) is 40.2 Å². The van der Waals surface area contributed by atoms with E-state index in [-0.39, 0.29) is 11.4 Å². The molecule has 1 aromatic heterocycles. The second kappa shape index (κ2) is 8.53. The molecule has 6 heteroatoms. The van der Waals surface area contributed by atoms with Gasteiger partial charge in [-0.1, -0.05) is 6.07 Å². The van der Waals surface area contributed by atoms with Crippen molar-refractivity contribution in [2.24, 2.45) is 0 Å². The van der Waals surface area contributed by atoms with Crippen molar-refractivity contribution in [2.45, 2.75) is 25.2 Å². The quantitative estimate of drug-likeness (QED) is 0.589. The molecule has 3 aromatic rings. The van der Waals surface area contributed by atoms with Gasteiger partial charge in [-0.15, -0.1) is 0 Å². The number of fused-ring (bicyclic) bond motifs is 1. The number of carboxylic acids is 1. The second-order valence-electron chi connectivity index (χ2n) is 7.62. The van der Waals surface area contributed by atoms with Crippen molar-refractivity contribution in [3.63, 3.8) is 0 Å². The maximum Gasteiger partial charge on any atom is 0.337 e. The average Bonchev–Trinajstić information content (AvgIpc) is 2.77. The third-order valence-electron chi connectivity index (χ3n) is 5.76. The maximum absolute atomic E-state index is 13.2. The molecular formula is C24H24FN3O2. The van der Waals surface area contributed by atoms with Gasteiger partial charge < -0.3 is 15.3 Å². The molecule has 0 amide bonds. The molecule has 154 valence electrons. The van der Waals surface area contributed by atoms with Crippen molar-refractivity contribution in [3.05, 3.63) is 83.4 Å². The summed E-state index contributed by atoms with van der Waals surface area (Å²) < 4.78 is 13.2. The van der Waals surface area contributed by atoms with Crippen LogP contribution >= 0.6 is 0 Å². The highest BCUT2D eigenvalue weighted by molar-refractivity contribution is 5.93. The fourth-order valence-corrected chi connectivity index (χ4v) is 4.09. The van der Waals surface area contributed by atoms with Crippen LogP contribution in [0.5, 0.6) is 0 Å². The van der Waals surface area contributed by atoms with E-state index in [1.165, 1.54) is 35.5 Å². The Labute approximate surface area is 175 Å². The average molecular weight is 405 g/mol. The molecule has 0 aliphatic heterocycles. The van der Waals surface area contributed by atoms with Crippen molar-refractivity contribution >= 4 is 23.0 Å². The number of hydrogen-bond donors (Lipinski definition) is 2. The molecule has 0 bridgehead atoms. The molecule has 1 atom stereocenters. The Morgan fingerprint density at radius 1 is 1.20 bits per heavy atom. The number of aryl methyl sites for hydroxylation is 1. The summed E-state index contributed by atoms with van der Waals surface area (Å²) in [5.41, 5.74) is 5.38. The number of aromatic carboxylic acids is 1. The summed E-state index contributed by atoms with van der Waals surface area (Å²) in [5, 5.41) is 12.6. The first-order valence-corrected chi connectivity index (χ1v) is 10.1. The van der Waals surface area contributed by atoms with Crippen LogP contribution < -0.4 is 10.2 Å². The van der Waals surface area contributed by atoms with Crippen molar-refractivity contribution in [1.82, 2.24) is 4.98 Å². The zero-order valence-electron chi connectivity index (χ0n) is 16.8. The van der Waals surface area contributed by atoms with Gasteiger partial charge in [0, 0.05) is 37.1 Å². The Kier molecular flexibility index (Phi) is 5.65. The van der Waals surface area contributed by atoms with E-state index in [1.54, 1.807) is 18.3 Å². The van der Waals surface area contributed by atoms with E-state index in [1.807, 2.05) is 7.05 Å². The largest absolute Gasteiger partial charge is 0.478 e. The van der Waals surface area contributed by atoms with E-state index in [0.717, 1.165) is 30.6 Å². The van der Waals surface area contributed by atoms with Crippen LogP contribution in [0.4, 0.5) is 21.5 Å². The van der Waals surface area contributed by atoms with E-state index >= 15 is 0 Å². The van der Waals surface area contributed by atoms with Gasteiger partial charge in [-0.05, 0) is 72.9 Å². The molecule has 30 heavy (non-hydrogen) atoms. The lowest BCUT2D eigenvalue weighted by Crippen LogP contribution is -2.20. The van der Waals surface area contributed by atoms with E-state index in [9.17, 15) is 14.3 Å². The zero-order valence-corrected chi connectivity index (χ0v) is 16.8. The Morgan fingerprint density at radius 3 is 2.73 bits per heavy atom.